The second-order valence-corrected chi connectivity index (χ2v) is 5.99. The molecule has 0 aliphatic heterocycles. The summed E-state index contributed by atoms with van der Waals surface area (Å²) in [5, 5.41) is 6.96. The Bertz CT molecular complexity index is 818. The molecule has 9 heteroatoms. The number of para-hydroxylation sites is 1. The molecule has 3 amide bonds. The van der Waals surface area contributed by atoms with Gasteiger partial charge in [-0.1, -0.05) is 18.2 Å². The summed E-state index contributed by atoms with van der Waals surface area (Å²) in [6, 6.07) is 10.8. The summed E-state index contributed by atoms with van der Waals surface area (Å²) in [6.45, 7) is 0.663. The molecule has 0 saturated heterocycles. The monoisotopic (exact) mass is 394 g/mol. The predicted octanol–water partition coefficient (Wildman–Crippen LogP) is 2.87. The lowest BCUT2D eigenvalue weighted by atomic mass is 10.2. The van der Waals surface area contributed by atoms with Gasteiger partial charge in [-0.15, -0.1) is 0 Å². The minimum absolute atomic E-state index is 0.391. The van der Waals surface area contributed by atoms with Gasteiger partial charge < -0.3 is 20.9 Å². The van der Waals surface area contributed by atoms with Crippen molar-refractivity contribution in [1.29, 1.82) is 0 Å². The second-order valence-electron chi connectivity index (χ2n) is 5.99. The van der Waals surface area contributed by atoms with Gasteiger partial charge in [0.15, 0.2) is 17.5 Å². The molecule has 3 N–H and O–H groups in total. The normalized spacial score (nSPS) is 10.3. The summed E-state index contributed by atoms with van der Waals surface area (Å²) in [4.78, 5) is 25.4. The van der Waals surface area contributed by atoms with Crippen molar-refractivity contribution in [1.82, 2.24) is 10.6 Å². The number of halogens is 3. The van der Waals surface area contributed by atoms with E-state index < -0.39 is 41.6 Å². The molecule has 2 aromatic rings. The first-order valence-electron chi connectivity index (χ1n) is 8.59. The summed E-state index contributed by atoms with van der Waals surface area (Å²) in [6.07, 6.45) is 0.686. The molecule has 0 atom stereocenters. The Hall–Kier alpha value is -3.23. The number of benzene rings is 2. The van der Waals surface area contributed by atoms with Crippen molar-refractivity contribution in [3.8, 4) is 0 Å². The van der Waals surface area contributed by atoms with E-state index in [0.29, 0.717) is 19.0 Å². The zero-order valence-electron chi connectivity index (χ0n) is 15.3. The third kappa shape index (κ3) is 6.19. The van der Waals surface area contributed by atoms with Gasteiger partial charge in [0.2, 0.25) is 5.91 Å². The molecule has 0 bridgehead atoms. The Morgan fingerprint density at radius 1 is 0.964 bits per heavy atom. The molecule has 2 rings (SSSR count). The Kier molecular flexibility index (Phi) is 7.67. The van der Waals surface area contributed by atoms with Crippen molar-refractivity contribution in [2.75, 3.05) is 36.9 Å². The molecule has 150 valence electrons. The van der Waals surface area contributed by atoms with E-state index in [2.05, 4.69) is 16.0 Å². The zero-order valence-corrected chi connectivity index (χ0v) is 15.3. The van der Waals surface area contributed by atoms with E-state index in [1.807, 2.05) is 42.3 Å². The zero-order chi connectivity index (χ0) is 20.5. The number of nitrogens with zero attached hydrogens (tertiary/aromatic N) is 1. The maximum Gasteiger partial charge on any atom is 0.315 e. The average molecular weight is 394 g/mol. The minimum Gasteiger partial charge on any atom is -0.375 e. The van der Waals surface area contributed by atoms with Crippen LogP contribution >= 0.6 is 0 Å². The van der Waals surface area contributed by atoms with Crippen LogP contribution in [-0.4, -0.2) is 38.6 Å². The summed E-state index contributed by atoms with van der Waals surface area (Å²) in [5.74, 6) is -5.31. The first-order chi connectivity index (χ1) is 13.4. The smallest absolute Gasteiger partial charge is 0.315 e. The highest BCUT2D eigenvalue weighted by atomic mass is 19.2. The SMILES string of the molecule is CN(CCCNC(=O)NCC(=O)Nc1ccc(F)c(F)c1F)c1ccccc1. The number of urea groups is 1. The van der Waals surface area contributed by atoms with Crippen LogP contribution in [0.3, 0.4) is 0 Å². The van der Waals surface area contributed by atoms with Gasteiger partial charge >= 0.3 is 6.03 Å². The quantitative estimate of drug-likeness (QED) is 0.476. The minimum atomic E-state index is -1.68. The molecule has 6 nitrogen and oxygen atoms in total. The first kappa shape index (κ1) is 21.1. The van der Waals surface area contributed by atoms with Gasteiger partial charge in [-0.3, -0.25) is 4.79 Å². The fourth-order valence-corrected chi connectivity index (χ4v) is 2.37. The van der Waals surface area contributed by atoms with E-state index in [1.54, 1.807) is 0 Å². The number of carbonyl (C=O) groups is 2. The predicted molar refractivity (Wildman–Crippen MR) is 101 cm³/mol. The van der Waals surface area contributed by atoms with E-state index in [4.69, 9.17) is 0 Å². The molecule has 0 aromatic heterocycles. The lowest BCUT2D eigenvalue weighted by Gasteiger charge is -2.19. The van der Waals surface area contributed by atoms with Crippen LogP contribution in [0.2, 0.25) is 0 Å². The summed E-state index contributed by atoms with van der Waals surface area (Å²) in [7, 11) is 1.94. The first-order valence-corrected chi connectivity index (χ1v) is 8.59. The van der Waals surface area contributed by atoms with E-state index in [1.165, 1.54) is 0 Å². The van der Waals surface area contributed by atoms with E-state index in [0.717, 1.165) is 18.3 Å². The molecule has 0 saturated carbocycles. The third-order valence-corrected chi connectivity index (χ3v) is 3.87. The fourth-order valence-electron chi connectivity index (χ4n) is 2.37. The van der Waals surface area contributed by atoms with Gasteiger partial charge in [0.25, 0.3) is 0 Å². The standard InChI is InChI=1S/C19H21F3N4O2/c1-26(13-6-3-2-4-7-13)11-5-10-23-19(28)24-12-16(27)25-15-9-8-14(20)17(21)18(15)22/h2-4,6-9H,5,10-12H2,1H3,(H,25,27)(H2,23,24,28). The Labute approximate surface area is 160 Å². The molecule has 0 radical (unpaired) electrons. The van der Waals surface area contributed by atoms with Crippen molar-refractivity contribution >= 4 is 23.3 Å². The maximum atomic E-state index is 13.5. The highest BCUT2D eigenvalue weighted by Crippen LogP contribution is 2.19. The lowest BCUT2D eigenvalue weighted by Crippen LogP contribution is -2.41. The van der Waals surface area contributed by atoms with Gasteiger partial charge in [0, 0.05) is 25.8 Å². The molecule has 2 aromatic carbocycles. The number of nitrogens with one attached hydrogen (secondary N) is 3. The molecular weight excluding hydrogens is 373 g/mol. The number of carbonyl (C=O) groups excluding carboxylic acids is 2. The van der Waals surface area contributed by atoms with Crippen molar-refractivity contribution < 1.29 is 22.8 Å². The van der Waals surface area contributed by atoms with Crippen molar-refractivity contribution in [3.05, 3.63) is 59.9 Å². The third-order valence-electron chi connectivity index (χ3n) is 3.87. The Morgan fingerprint density at radius 2 is 1.68 bits per heavy atom. The number of rotatable bonds is 8. The Balaban J connectivity index is 1.65. The van der Waals surface area contributed by atoms with Crippen LogP contribution in [0.4, 0.5) is 29.3 Å². The second kappa shape index (κ2) is 10.2. The highest BCUT2D eigenvalue weighted by molar-refractivity contribution is 5.94. The molecule has 0 aliphatic rings. The molecule has 0 aliphatic carbocycles. The number of hydrogen-bond donors (Lipinski definition) is 3. The Morgan fingerprint density at radius 3 is 2.39 bits per heavy atom. The number of hydrogen-bond acceptors (Lipinski definition) is 3. The number of anilines is 2. The van der Waals surface area contributed by atoms with Crippen LogP contribution in [0.15, 0.2) is 42.5 Å². The molecule has 28 heavy (non-hydrogen) atoms. The molecule has 0 fully saturated rings. The van der Waals surface area contributed by atoms with Crippen molar-refractivity contribution in [2.24, 2.45) is 0 Å². The molecule has 0 spiro atoms. The van der Waals surface area contributed by atoms with Gasteiger partial charge in [0.05, 0.1) is 12.2 Å². The average Bonchev–Trinajstić information content (AvgIpc) is 2.70. The van der Waals surface area contributed by atoms with E-state index in [9.17, 15) is 22.8 Å². The van der Waals surface area contributed by atoms with E-state index >= 15 is 0 Å². The van der Waals surface area contributed by atoms with Gasteiger partial charge in [0.1, 0.15) is 0 Å². The lowest BCUT2D eigenvalue weighted by molar-refractivity contribution is -0.115. The molecule has 0 unspecified atom stereocenters. The van der Waals surface area contributed by atoms with Crippen molar-refractivity contribution in [2.45, 2.75) is 6.42 Å². The van der Waals surface area contributed by atoms with Crippen LogP contribution in [0.1, 0.15) is 6.42 Å². The maximum absolute atomic E-state index is 13.5. The van der Waals surface area contributed by atoms with Crippen LogP contribution < -0.4 is 20.9 Å². The van der Waals surface area contributed by atoms with Crippen LogP contribution in [0.25, 0.3) is 0 Å². The fraction of sp³-hybridized carbons (Fsp3) is 0.263. The van der Waals surface area contributed by atoms with Crippen LogP contribution in [-0.2, 0) is 4.79 Å². The summed E-state index contributed by atoms with van der Waals surface area (Å²) < 4.78 is 39.4. The van der Waals surface area contributed by atoms with E-state index in [-0.39, 0.29) is 0 Å². The summed E-state index contributed by atoms with van der Waals surface area (Å²) >= 11 is 0. The van der Waals surface area contributed by atoms with Crippen molar-refractivity contribution in [3.63, 3.8) is 0 Å². The molecular formula is C19H21F3N4O2. The van der Waals surface area contributed by atoms with Gasteiger partial charge in [-0.05, 0) is 30.7 Å². The topological polar surface area (TPSA) is 73.5 Å². The largest absolute Gasteiger partial charge is 0.375 e. The van der Waals surface area contributed by atoms with Crippen LogP contribution in [0, 0.1) is 17.5 Å². The number of amides is 3. The highest BCUT2D eigenvalue weighted by Gasteiger charge is 2.15. The molecule has 0 heterocycles. The van der Waals surface area contributed by atoms with Gasteiger partial charge in [-0.25, -0.2) is 18.0 Å². The summed E-state index contributed by atoms with van der Waals surface area (Å²) in [5.41, 5.74) is 0.558. The van der Waals surface area contributed by atoms with Gasteiger partial charge in [-0.2, -0.15) is 0 Å². The van der Waals surface area contributed by atoms with Crippen LogP contribution in [0.5, 0.6) is 0 Å².